The maximum atomic E-state index is 12.3. The third-order valence-electron chi connectivity index (χ3n) is 7.19. The van der Waals surface area contributed by atoms with Crippen molar-refractivity contribution in [3.8, 4) is 0 Å². The van der Waals surface area contributed by atoms with Crippen LogP contribution in [0.2, 0.25) is 0 Å². The van der Waals surface area contributed by atoms with Crippen LogP contribution in [0.4, 0.5) is 0 Å². The Kier molecular flexibility index (Phi) is 12.8. The first-order valence-electron chi connectivity index (χ1n) is 13.0. The maximum Gasteiger partial charge on any atom is 0.320 e. The van der Waals surface area contributed by atoms with Gasteiger partial charge in [0.25, 0.3) is 0 Å². The van der Waals surface area contributed by atoms with E-state index >= 15 is 0 Å². The van der Waals surface area contributed by atoms with Crippen LogP contribution in [0.5, 0.6) is 0 Å². The van der Waals surface area contributed by atoms with Crippen LogP contribution in [0.1, 0.15) is 39.5 Å². The fourth-order valence-corrected chi connectivity index (χ4v) is 4.85. The molecule has 2 rings (SSSR count). The van der Waals surface area contributed by atoms with E-state index < -0.39 is 42.3 Å². The molecule has 0 amide bonds. The van der Waals surface area contributed by atoms with Crippen LogP contribution in [0.15, 0.2) is 0 Å². The number of carbonyl (C=O) groups excluding carboxylic acids is 2. The van der Waals surface area contributed by atoms with Crippen LogP contribution in [0.25, 0.3) is 0 Å². The highest BCUT2D eigenvalue weighted by Crippen LogP contribution is 2.19. The molecule has 2 atom stereocenters. The number of esters is 2. The second-order valence-corrected chi connectivity index (χ2v) is 10.0. The number of carboxylic acids is 2. The molecule has 37 heavy (non-hydrogen) atoms. The monoisotopic (exact) mass is 530 g/mol. The Bertz CT molecular complexity index is 765. The molecule has 13 heteroatoms. The number of nitrogens with zero attached hydrogens (tertiary/aromatic N) is 4. The number of hydrogen-bond donors (Lipinski definition) is 4. The highest BCUT2D eigenvalue weighted by atomic mass is 16.6. The zero-order valence-corrected chi connectivity index (χ0v) is 21.8. The van der Waals surface area contributed by atoms with Crippen molar-refractivity contribution in [1.29, 1.82) is 0 Å². The van der Waals surface area contributed by atoms with Crippen LogP contribution in [0, 0.1) is 5.92 Å². The molecule has 212 valence electrons. The van der Waals surface area contributed by atoms with Crippen molar-refractivity contribution in [1.82, 2.24) is 19.6 Å². The Hall–Kier alpha value is -2.16. The molecule has 0 spiro atoms. The van der Waals surface area contributed by atoms with E-state index in [-0.39, 0.29) is 31.8 Å². The summed E-state index contributed by atoms with van der Waals surface area (Å²) in [6, 6.07) is -1.16. The maximum absolute atomic E-state index is 12.3. The predicted octanol–water partition coefficient (Wildman–Crippen LogP) is -1.28. The van der Waals surface area contributed by atoms with Gasteiger partial charge >= 0.3 is 23.9 Å². The summed E-state index contributed by atoms with van der Waals surface area (Å²) in [4.78, 5) is 55.0. The van der Waals surface area contributed by atoms with Crippen molar-refractivity contribution in [2.45, 2.75) is 57.9 Å². The standard InChI is InChI=1S/C24H42N4O9/c1-3-17(2)12-19(24(35)36)28-9-7-26(16-21(31)32)5-4-25(15-20(29)30)6-8-27(10-11-28)18-13-22(33)37-23(34)14-18/h17-20,29-30H,3-16H2,1-2H3,(H,31,32)(H,35,36). The van der Waals surface area contributed by atoms with Gasteiger partial charge in [-0.25, -0.2) is 0 Å². The summed E-state index contributed by atoms with van der Waals surface area (Å²) in [6.45, 7) is 6.59. The molecule has 2 aliphatic heterocycles. The Balaban J connectivity index is 2.31. The van der Waals surface area contributed by atoms with Gasteiger partial charge in [0, 0.05) is 64.9 Å². The molecule has 2 fully saturated rings. The zero-order chi connectivity index (χ0) is 27.5. The van der Waals surface area contributed by atoms with E-state index in [0.29, 0.717) is 58.8 Å². The molecule has 2 heterocycles. The van der Waals surface area contributed by atoms with E-state index in [1.807, 2.05) is 23.6 Å². The largest absolute Gasteiger partial charge is 0.480 e. The number of ether oxygens (including phenoxy) is 1. The van der Waals surface area contributed by atoms with E-state index in [1.165, 1.54) is 0 Å². The van der Waals surface area contributed by atoms with E-state index in [2.05, 4.69) is 4.74 Å². The van der Waals surface area contributed by atoms with Gasteiger partial charge in [-0.1, -0.05) is 20.3 Å². The molecule has 0 saturated carbocycles. The van der Waals surface area contributed by atoms with Gasteiger partial charge < -0.3 is 25.2 Å². The lowest BCUT2D eigenvalue weighted by molar-refractivity contribution is -0.166. The summed E-state index contributed by atoms with van der Waals surface area (Å²) in [7, 11) is 0. The first kappa shape index (κ1) is 31.1. The van der Waals surface area contributed by atoms with Gasteiger partial charge in [0.05, 0.1) is 19.4 Å². The molecule has 0 radical (unpaired) electrons. The molecule has 2 aliphatic rings. The van der Waals surface area contributed by atoms with E-state index in [4.69, 9.17) is 0 Å². The number of aliphatic hydroxyl groups excluding tert-OH is 1. The molecule has 2 unspecified atom stereocenters. The smallest absolute Gasteiger partial charge is 0.320 e. The number of β-amino-alcohol motifs (C(OH)–C–C–N with tert-alkyl or cyclic N) is 2. The van der Waals surface area contributed by atoms with Gasteiger partial charge in [-0.2, -0.15) is 0 Å². The number of carbonyl (C=O) groups is 4. The van der Waals surface area contributed by atoms with Crippen molar-refractivity contribution < 1.29 is 44.3 Å². The fraction of sp³-hybridized carbons (Fsp3) is 0.833. The Morgan fingerprint density at radius 3 is 2.03 bits per heavy atom. The third-order valence-corrected chi connectivity index (χ3v) is 7.19. The fourth-order valence-electron chi connectivity index (χ4n) is 4.85. The van der Waals surface area contributed by atoms with Crippen molar-refractivity contribution in [3.05, 3.63) is 0 Å². The lowest BCUT2D eigenvalue weighted by Gasteiger charge is -2.39. The molecule has 13 nitrogen and oxygen atoms in total. The molecule has 0 bridgehead atoms. The van der Waals surface area contributed by atoms with Crippen LogP contribution in [0.3, 0.4) is 0 Å². The van der Waals surface area contributed by atoms with Gasteiger partial charge in [-0.05, 0) is 12.3 Å². The number of rotatable bonds is 10. The molecule has 0 aromatic carbocycles. The molecular formula is C24H42N4O9. The second kappa shape index (κ2) is 15.3. The van der Waals surface area contributed by atoms with Crippen molar-refractivity contribution in [2.75, 3.05) is 65.4 Å². The van der Waals surface area contributed by atoms with Crippen molar-refractivity contribution in [3.63, 3.8) is 0 Å². The summed E-state index contributed by atoms with van der Waals surface area (Å²) in [5, 5.41) is 38.5. The Labute approximate surface area is 217 Å². The van der Waals surface area contributed by atoms with E-state index in [1.54, 1.807) is 9.80 Å². The first-order valence-corrected chi connectivity index (χ1v) is 13.0. The van der Waals surface area contributed by atoms with Gasteiger partial charge in [-0.3, -0.25) is 38.8 Å². The highest BCUT2D eigenvalue weighted by Gasteiger charge is 2.34. The Morgan fingerprint density at radius 1 is 0.919 bits per heavy atom. The average molecular weight is 531 g/mol. The minimum atomic E-state index is -1.58. The van der Waals surface area contributed by atoms with Gasteiger partial charge in [-0.15, -0.1) is 0 Å². The minimum absolute atomic E-state index is 0.0377. The predicted molar refractivity (Wildman–Crippen MR) is 132 cm³/mol. The molecule has 2 saturated heterocycles. The molecule has 0 aliphatic carbocycles. The number of aliphatic hydroxyl groups is 2. The molecule has 0 aromatic rings. The minimum Gasteiger partial charge on any atom is -0.480 e. The van der Waals surface area contributed by atoms with Crippen LogP contribution < -0.4 is 0 Å². The van der Waals surface area contributed by atoms with Gasteiger partial charge in [0.15, 0.2) is 6.29 Å². The SMILES string of the molecule is CCC(C)CC(C(=O)O)N1CCN(CC(=O)O)CCN(CC(O)O)CCN(C2CC(=O)OC(=O)C2)CC1. The lowest BCUT2D eigenvalue weighted by Crippen LogP contribution is -2.54. The first-order chi connectivity index (χ1) is 17.5. The third kappa shape index (κ3) is 11.0. The van der Waals surface area contributed by atoms with E-state index in [0.717, 1.165) is 6.42 Å². The number of carboxylic acid groups (broad SMARTS) is 2. The summed E-state index contributed by atoms with van der Waals surface area (Å²) in [5.74, 6) is -2.96. The summed E-state index contributed by atoms with van der Waals surface area (Å²) >= 11 is 0. The van der Waals surface area contributed by atoms with Gasteiger partial charge in [0.1, 0.15) is 6.04 Å². The zero-order valence-electron chi connectivity index (χ0n) is 21.8. The summed E-state index contributed by atoms with van der Waals surface area (Å²) < 4.78 is 4.69. The van der Waals surface area contributed by atoms with Crippen molar-refractivity contribution in [2.24, 2.45) is 5.92 Å². The quantitative estimate of drug-likeness (QED) is 0.150. The highest BCUT2D eigenvalue weighted by molar-refractivity contribution is 5.89. The Morgan fingerprint density at radius 2 is 1.46 bits per heavy atom. The topological polar surface area (TPSA) is 171 Å². The van der Waals surface area contributed by atoms with Crippen LogP contribution >= 0.6 is 0 Å². The normalized spacial score (nSPS) is 22.7. The van der Waals surface area contributed by atoms with Gasteiger partial charge in [0.2, 0.25) is 0 Å². The van der Waals surface area contributed by atoms with E-state index in [9.17, 15) is 39.6 Å². The van der Waals surface area contributed by atoms with Crippen LogP contribution in [-0.2, 0) is 23.9 Å². The summed E-state index contributed by atoms with van der Waals surface area (Å²) in [6.07, 6.45) is -0.228. The second-order valence-electron chi connectivity index (χ2n) is 10.0. The summed E-state index contributed by atoms with van der Waals surface area (Å²) in [5.41, 5.74) is 0. The molecule has 0 aromatic heterocycles. The average Bonchev–Trinajstić information content (AvgIpc) is 2.79. The molecular weight excluding hydrogens is 488 g/mol. The van der Waals surface area contributed by atoms with Crippen molar-refractivity contribution >= 4 is 23.9 Å². The molecule has 4 N–H and O–H groups in total. The number of hydrogen-bond acceptors (Lipinski definition) is 11. The number of aliphatic carboxylic acids is 2. The van der Waals surface area contributed by atoms with Crippen LogP contribution in [-0.4, -0.2) is 148 Å². The number of cyclic esters (lactones) is 2. The lowest BCUT2D eigenvalue weighted by atomic mass is 9.98.